The van der Waals surface area contributed by atoms with Crippen molar-refractivity contribution in [1.29, 1.82) is 0 Å². The summed E-state index contributed by atoms with van der Waals surface area (Å²) < 4.78 is 25.0. The van der Waals surface area contributed by atoms with Gasteiger partial charge in [0.1, 0.15) is 30.0 Å². The molecule has 0 spiro atoms. The van der Waals surface area contributed by atoms with Crippen LogP contribution in [0, 0.1) is 5.82 Å². The molecule has 150 valence electrons. The molecule has 1 N–H and O–H groups in total. The van der Waals surface area contributed by atoms with E-state index in [-0.39, 0.29) is 37.8 Å². The van der Waals surface area contributed by atoms with Gasteiger partial charge >= 0.3 is 0 Å². The molecule has 2 aromatic carbocycles. The summed E-state index contributed by atoms with van der Waals surface area (Å²) in [6.45, 7) is 0.156. The van der Waals surface area contributed by atoms with Crippen molar-refractivity contribution in [3.63, 3.8) is 0 Å². The van der Waals surface area contributed by atoms with Gasteiger partial charge in [0.15, 0.2) is 0 Å². The molecule has 0 radical (unpaired) electrons. The van der Waals surface area contributed by atoms with Gasteiger partial charge in [0.25, 0.3) is 5.91 Å². The van der Waals surface area contributed by atoms with E-state index in [2.05, 4.69) is 5.32 Å². The first-order valence-corrected chi connectivity index (χ1v) is 9.19. The van der Waals surface area contributed by atoms with Crippen LogP contribution >= 0.6 is 0 Å². The second-order valence-electron chi connectivity index (χ2n) is 6.93. The highest BCUT2D eigenvalue weighted by atomic mass is 19.1. The average Bonchev–Trinajstić information content (AvgIpc) is 3.04. The van der Waals surface area contributed by atoms with Gasteiger partial charge in [0.2, 0.25) is 11.8 Å². The minimum Gasteiger partial charge on any atom is -0.497 e. The number of hydrogen-bond acceptors (Lipinski definition) is 5. The molecule has 29 heavy (non-hydrogen) atoms. The number of piperidine rings is 1. The van der Waals surface area contributed by atoms with Gasteiger partial charge in [-0.3, -0.25) is 19.7 Å². The number of fused-ring (bicyclic) bond motifs is 1. The van der Waals surface area contributed by atoms with Crippen LogP contribution in [0.15, 0.2) is 36.4 Å². The molecule has 7 nitrogen and oxygen atoms in total. The molecule has 3 amide bonds. The van der Waals surface area contributed by atoms with Crippen molar-refractivity contribution in [2.45, 2.75) is 32.0 Å². The normalized spacial score (nSPS) is 18.5. The van der Waals surface area contributed by atoms with E-state index in [1.165, 1.54) is 24.1 Å². The number of nitrogens with zero attached hydrogens (tertiary/aromatic N) is 1. The Morgan fingerprint density at radius 2 is 2.03 bits per heavy atom. The van der Waals surface area contributed by atoms with Crippen molar-refractivity contribution in [2.75, 3.05) is 7.11 Å². The molecule has 1 saturated heterocycles. The average molecular weight is 398 g/mol. The molecule has 2 aromatic rings. The van der Waals surface area contributed by atoms with Crippen molar-refractivity contribution in [3.05, 3.63) is 58.9 Å². The maximum absolute atomic E-state index is 14.1. The number of halogens is 1. The van der Waals surface area contributed by atoms with Crippen LogP contribution in [0.5, 0.6) is 11.5 Å². The minimum absolute atomic E-state index is 0.0356. The highest BCUT2D eigenvalue weighted by molar-refractivity contribution is 6.05. The fourth-order valence-electron chi connectivity index (χ4n) is 3.64. The molecular formula is C21H19FN2O5. The summed E-state index contributed by atoms with van der Waals surface area (Å²) in [6.07, 6.45) is 0.477. The molecule has 0 aliphatic carbocycles. The minimum atomic E-state index is -0.698. The van der Waals surface area contributed by atoms with Gasteiger partial charge in [-0.05, 0) is 36.8 Å². The predicted octanol–water partition coefficient (Wildman–Crippen LogP) is 2.17. The zero-order valence-electron chi connectivity index (χ0n) is 15.7. The van der Waals surface area contributed by atoms with Crippen molar-refractivity contribution >= 4 is 17.7 Å². The Morgan fingerprint density at radius 3 is 2.79 bits per heavy atom. The van der Waals surface area contributed by atoms with Crippen molar-refractivity contribution in [3.8, 4) is 11.5 Å². The SMILES string of the molecule is COc1ccc(F)c(COc2cccc3c2CN([C@H]2CCC(=O)NC2=O)C3=O)c1. The summed E-state index contributed by atoms with van der Waals surface area (Å²) >= 11 is 0. The summed E-state index contributed by atoms with van der Waals surface area (Å²) in [5.74, 6) is -0.537. The summed E-state index contributed by atoms with van der Waals surface area (Å²) in [7, 11) is 1.50. The Labute approximate surface area is 166 Å². The van der Waals surface area contributed by atoms with Gasteiger partial charge in [-0.1, -0.05) is 6.07 Å². The zero-order chi connectivity index (χ0) is 20.5. The lowest BCUT2D eigenvalue weighted by Gasteiger charge is -2.29. The third kappa shape index (κ3) is 3.53. The Kier molecular flexibility index (Phi) is 4.92. The van der Waals surface area contributed by atoms with E-state index in [0.29, 0.717) is 28.2 Å². The van der Waals surface area contributed by atoms with Gasteiger partial charge in [-0.15, -0.1) is 0 Å². The number of amides is 3. The number of carbonyl (C=O) groups is 3. The van der Waals surface area contributed by atoms with Crippen LogP contribution in [0.1, 0.15) is 34.3 Å². The van der Waals surface area contributed by atoms with E-state index >= 15 is 0 Å². The van der Waals surface area contributed by atoms with Crippen LogP contribution in [-0.4, -0.2) is 35.8 Å². The number of ether oxygens (including phenoxy) is 2. The number of carbonyl (C=O) groups excluding carboxylic acids is 3. The van der Waals surface area contributed by atoms with Crippen LogP contribution < -0.4 is 14.8 Å². The Morgan fingerprint density at radius 1 is 1.21 bits per heavy atom. The van der Waals surface area contributed by atoms with Crippen LogP contribution in [0.2, 0.25) is 0 Å². The van der Waals surface area contributed by atoms with Crippen LogP contribution in [0.25, 0.3) is 0 Å². The van der Waals surface area contributed by atoms with E-state index in [1.54, 1.807) is 24.3 Å². The fourth-order valence-corrected chi connectivity index (χ4v) is 3.64. The smallest absolute Gasteiger partial charge is 0.255 e. The van der Waals surface area contributed by atoms with Gasteiger partial charge in [0, 0.05) is 23.1 Å². The Balaban J connectivity index is 1.54. The molecule has 2 aliphatic heterocycles. The van der Waals surface area contributed by atoms with E-state index in [0.717, 1.165) is 0 Å². The highest BCUT2D eigenvalue weighted by Crippen LogP contribution is 2.34. The van der Waals surface area contributed by atoms with E-state index in [1.807, 2.05) is 0 Å². The van der Waals surface area contributed by atoms with Gasteiger partial charge in [0.05, 0.1) is 13.7 Å². The highest BCUT2D eigenvalue weighted by Gasteiger charge is 2.40. The van der Waals surface area contributed by atoms with Crippen LogP contribution in [-0.2, 0) is 22.7 Å². The Hall–Kier alpha value is -3.42. The first-order valence-electron chi connectivity index (χ1n) is 9.19. The molecule has 4 rings (SSSR count). The van der Waals surface area contributed by atoms with Gasteiger partial charge < -0.3 is 14.4 Å². The monoisotopic (exact) mass is 398 g/mol. The number of benzene rings is 2. The molecule has 1 fully saturated rings. The Bertz CT molecular complexity index is 1010. The summed E-state index contributed by atoms with van der Waals surface area (Å²) in [4.78, 5) is 37.8. The lowest BCUT2D eigenvalue weighted by Crippen LogP contribution is -2.52. The van der Waals surface area contributed by atoms with E-state index < -0.39 is 17.8 Å². The maximum Gasteiger partial charge on any atom is 0.255 e. The van der Waals surface area contributed by atoms with Crippen LogP contribution in [0.4, 0.5) is 4.39 Å². The predicted molar refractivity (Wildman–Crippen MR) is 99.8 cm³/mol. The van der Waals surface area contributed by atoms with Gasteiger partial charge in [-0.25, -0.2) is 4.39 Å². The lowest BCUT2D eigenvalue weighted by atomic mass is 10.0. The zero-order valence-corrected chi connectivity index (χ0v) is 15.7. The molecule has 0 aromatic heterocycles. The number of nitrogens with one attached hydrogen (secondary N) is 1. The summed E-state index contributed by atoms with van der Waals surface area (Å²) in [6, 6.07) is 8.75. The molecular weight excluding hydrogens is 379 g/mol. The van der Waals surface area contributed by atoms with E-state index in [9.17, 15) is 18.8 Å². The molecule has 8 heteroatoms. The number of hydrogen-bond donors (Lipinski definition) is 1. The van der Waals surface area contributed by atoms with Crippen molar-refractivity contribution in [1.82, 2.24) is 10.2 Å². The van der Waals surface area contributed by atoms with Gasteiger partial charge in [-0.2, -0.15) is 0 Å². The second kappa shape index (κ2) is 7.54. The topological polar surface area (TPSA) is 84.9 Å². The molecule has 1 atom stereocenters. The lowest BCUT2D eigenvalue weighted by molar-refractivity contribution is -0.136. The number of rotatable bonds is 5. The van der Waals surface area contributed by atoms with E-state index in [4.69, 9.17) is 9.47 Å². The number of imide groups is 1. The van der Waals surface area contributed by atoms with Crippen molar-refractivity contribution < 1.29 is 28.2 Å². The first kappa shape index (κ1) is 18.9. The third-order valence-electron chi connectivity index (χ3n) is 5.18. The standard InChI is InChI=1S/C21H19FN2O5/c1-28-13-5-6-16(22)12(9-13)11-29-18-4-2-3-14-15(18)10-24(21(14)27)17-7-8-19(25)23-20(17)26/h2-6,9,17H,7-8,10-11H2,1H3,(H,23,25,26)/t17-/m0/s1. The van der Waals surface area contributed by atoms with Crippen LogP contribution in [0.3, 0.4) is 0 Å². The van der Waals surface area contributed by atoms with Crippen molar-refractivity contribution in [2.24, 2.45) is 0 Å². The molecule has 2 aliphatic rings. The third-order valence-corrected chi connectivity index (χ3v) is 5.18. The largest absolute Gasteiger partial charge is 0.497 e. The number of methoxy groups -OCH3 is 1. The quantitative estimate of drug-likeness (QED) is 0.781. The molecule has 2 heterocycles. The summed E-state index contributed by atoms with van der Waals surface area (Å²) in [5.41, 5.74) is 1.41. The maximum atomic E-state index is 14.1. The first-order chi connectivity index (χ1) is 14.0. The molecule has 0 unspecified atom stereocenters. The molecule has 0 bridgehead atoms. The fraction of sp³-hybridized carbons (Fsp3) is 0.286. The summed E-state index contributed by atoms with van der Waals surface area (Å²) in [5, 5.41) is 2.28. The molecule has 0 saturated carbocycles. The second-order valence-corrected chi connectivity index (χ2v) is 6.93.